The monoisotopic (exact) mass is 569 g/mol. The minimum absolute atomic E-state index is 0.137. The third kappa shape index (κ3) is 6.41. The maximum atomic E-state index is 14.0. The van der Waals surface area contributed by atoms with Crippen LogP contribution in [0.1, 0.15) is 18.1 Å². The van der Waals surface area contributed by atoms with Crippen LogP contribution in [0.5, 0.6) is 23.0 Å². The minimum atomic E-state index is -0.281. The summed E-state index contributed by atoms with van der Waals surface area (Å²) < 4.78 is 32.5. The van der Waals surface area contributed by atoms with Crippen molar-refractivity contribution >= 4 is 28.3 Å². The van der Waals surface area contributed by atoms with Crippen LogP contribution in [0.15, 0.2) is 91.0 Å². The van der Waals surface area contributed by atoms with Crippen molar-refractivity contribution in [3.05, 3.63) is 112 Å². The molecule has 0 unspecified atom stereocenters. The molecule has 0 bridgehead atoms. The molecule has 34 heavy (non-hydrogen) atoms. The van der Waals surface area contributed by atoms with Crippen molar-refractivity contribution in [3.8, 4) is 23.0 Å². The Kier molecular flexibility index (Phi) is 8.25. The number of anilines is 1. The van der Waals surface area contributed by atoms with Crippen molar-refractivity contribution in [3.63, 3.8) is 0 Å². The van der Waals surface area contributed by atoms with E-state index in [0.717, 1.165) is 26.3 Å². The molecular weight excluding hydrogens is 544 g/mol. The van der Waals surface area contributed by atoms with Gasteiger partial charge in [0.1, 0.15) is 23.9 Å². The van der Waals surface area contributed by atoms with Gasteiger partial charge in [-0.2, -0.15) is 0 Å². The number of rotatable bonds is 10. The van der Waals surface area contributed by atoms with E-state index in [1.807, 2.05) is 73.7 Å². The van der Waals surface area contributed by atoms with Gasteiger partial charge in [0.25, 0.3) is 0 Å². The van der Waals surface area contributed by atoms with Crippen molar-refractivity contribution in [2.75, 3.05) is 11.9 Å². The van der Waals surface area contributed by atoms with E-state index < -0.39 is 0 Å². The van der Waals surface area contributed by atoms with Gasteiger partial charge in [0.2, 0.25) is 0 Å². The van der Waals surface area contributed by atoms with Crippen LogP contribution >= 0.6 is 22.6 Å². The second-order valence-corrected chi connectivity index (χ2v) is 8.67. The zero-order chi connectivity index (χ0) is 23.8. The molecule has 4 rings (SSSR count). The summed E-state index contributed by atoms with van der Waals surface area (Å²) in [5, 5.41) is 3.43. The molecular formula is C28H25FINO3. The van der Waals surface area contributed by atoms with Gasteiger partial charge in [-0.15, -0.1) is 0 Å². The van der Waals surface area contributed by atoms with Crippen molar-refractivity contribution in [2.45, 2.75) is 20.1 Å². The Morgan fingerprint density at radius 1 is 0.824 bits per heavy atom. The third-order valence-electron chi connectivity index (χ3n) is 5.03. The summed E-state index contributed by atoms with van der Waals surface area (Å²) >= 11 is 2.23. The Morgan fingerprint density at radius 3 is 2.26 bits per heavy atom. The summed E-state index contributed by atoms with van der Waals surface area (Å²) in [5.74, 6) is 2.57. The number of nitrogens with one attached hydrogen (secondary N) is 1. The van der Waals surface area contributed by atoms with Gasteiger partial charge in [-0.05, 0) is 89.7 Å². The van der Waals surface area contributed by atoms with Crippen LogP contribution in [-0.4, -0.2) is 6.61 Å². The fraction of sp³-hybridized carbons (Fsp3) is 0.143. The fourth-order valence-electron chi connectivity index (χ4n) is 3.36. The van der Waals surface area contributed by atoms with Crippen molar-refractivity contribution in [2.24, 2.45) is 0 Å². The maximum Gasteiger partial charge on any atom is 0.174 e. The highest BCUT2D eigenvalue weighted by atomic mass is 127. The lowest BCUT2D eigenvalue weighted by molar-refractivity contribution is 0.264. The van der Waals surface area contributed by atoms with Crippen molar-refractivity contribution in [1.29, 1.82) is 0 Å². The molecule has 0 aromatic heterocycles. The van der Waals surface area contributed by atoms with Crippen LogP contribution in [0, 0.1) is 9.39 Å². The molecule has 0 aliphatic carbocycles. The van der Waals surface area contributed by atoms with E-state index in [4.69, 9.17) is 14.2 Å². The number of hydrogen-bond acceptors (Lipinski definition) is 4. The number of hydrogen-bond donors (Lipinski definition) is 1. The second-order valence-electron chi connectivity index (χ2n) is 7.51. The lowest BCUT2D eigenvalue weighted by Gasteiger charge is -2.16. The third-order valence-corrected chi connectivity index (χ3v) is 5.83. The topological polar surface area (TPSA) is 39.7 Å². The molecule has 6 heteroatoms. The molecule has 1 N–H and O–H groups in total. The zero-order valence-electron chi connectivity index (χ0n) is 18.8. The Labute approximate surface area is 212 Å². The molecule has 0 atom stereocenters. The standard InChI is InChI=1S/C28H25FINO3/c1-2-32-27-17-20(16-26(30)28(27)33-19-21-8-6-7-11-25(21)29)18-31-22-12-14-24(15-13-22)34-23-9-4-3-5-10-23/h3-17,31H,2,18-19H2,1H3. The largest absolute Gasteiger partial charge is 0.490 e. The highest BCUT2D eigenvalue weighted by molar-refractivity contribution is 14.1. The lowest BCUT2D eigenvalue weighted by atomic mass is 10.2. The quantitative estimate of drug-likeness (QED) is 0.198. The van der Waals surface area contributed by atoms with Gasteiger partial charge in [-0.1, -0.05) is 36.4 Å². The molecule has 4 aromatic carbocycles. The van der Waals surface area contributed by atoms with E-state index in [-0.39, 0.29) is 12.4 Å². The SMILES string of the molecule is CCOc1cc(CNc2ccc(Oc3ccccc3)cc2)cc(I)c1OCc1ccccc1F. The van der Waals surface area contributed by atoms with Crippen molar-refractivity contribution in [1.82, 2.24) is 0 Å². The number of para-hydroxylation sites is 1. The van der Waals surface area contributed by atoms with Gasteiger partial charge in [-0.3, -0.25) is 0 Å². The van der Waals surface area contributed by atoms with Crippen LogP contribution in [-0.2, 0) is 13.2 Å². The smallest absolute Gasteiger partial charge is 0.174 e. The van der Waals surface area contributed by atoms with E-state index in [0.29, 0.717) is 30.2 Å². The van der Waals surface area contributed by atoms with Gasteiger partial charge >= 0.3 is 0 Å². The highest BCUT2D eigenvalue weighted by Crippen LogP contribution is 2.35. The van der Waals surface area contributed by atoms with Crippen LogP contribution < -0.4 is 19.5 Å². The molecule has 174 valence electrons. The Hall–Kier alpha value is -3.26. The van der Waals surface area contributed by atoms with Gasteiger partial charge in [0, 0.05) is 17.8 Å². The molecule has 0 radical (unpaired) electrons. The normalized spacial score (nSPS) is 10.6. The van der Waals surface area contributed by atoms with E-state index in [1.54, 1.807) is 18.2 Å². The number of halogens is 2. The first-order chi connectivity index (χ1) is 16.6. The average Bonchev–Trinajstić information content (AvgIpc) is 2.85. The molecule has 0 saturated heterocycles. The predicted octanol–water partition coefficient (Wildman–Crippen LogP) is 7.81. The zero-order valence-corrected chi connectivity index (χ0v) is 20.9. The Balaban J connectivity index is 1.41. The van der Waals surface area contributed by atoms with Crippen LogP contribution in [0.4, 0.5) is 10.1 Å². The number of ether oxygens (including phenoxy) is 3. The molecule has 0 spiro atoms. The summed E-state index contributed by atoms with van der Waals surface area (Å²) in [5.41, 5.74) is 2.54. The first-order valence-corrected chi connectivity index (χ1v) is 12.1. The summed E-state index contributed by atoms with van der Waals surface area (Å²) in [7, 11) is 0. The lowest BCUT2D eigenvalue weighted by Crippen LogP contribution is -2.05. The first kappa shape index (κ1) is 23.9. The average molecular weight is 569 g/mol. The molecule has 0 amide bonds. The van der Waals surface area contributed by atoms with E-state index in [1.165, 1.54) is 6.07 Å². The maximum absolute atomic E-state index is 14.0. The molecule has 0 fully saturated rings. The van der Waals surface area contributed by atoms with E-state index in [9.17, 15) is 4.39 Å². The summed E-state index contributed by atoms with van der Waals surface area (Å²) in [6.07, 6.45) is 0. The molecule has 4 aromatic rings. The summed E-state index contributed by atoms with van der Waals surface area (Å²) in [6, 6.07) is 28.2. The Bertz CT molecular complexity index is 1220. The van der Waals surface area contributed by atoms with Crippen LogP contribution in [0.2, 0.25) is 0 Å². The molecule has 0 aliphatic heterocycles. The molecule has 0 heterocycles. The Morgan fingerprint density at radius 2 is 1.53 bits per heavy atom. The fourth-order valence-corrected chi connectivity index (χ4v) is 4.18. The van der Waals surface area contributed by atoms with E-state index in [2.05, 4.69) is 27.9 Å². The van der Waals surface area contributed by atoms with Crippen LogP contribution in [0.25, 0.3) is 0 Å². The second kappa shape index (κ2) is 11.7. The van der Waals surface area contributed by atoms with Gasteiger partial charge in [0.15, 0.2) is 11.5 Å². The van der Waals surface area contributed by atoms with Crippen molar-refractivity contribution < 1.29 is 18.6 Å². The highest BCUT2D eigenvalue weighted by Gasteiger charge is 2.14. The van der Waals surface area contributed by atoms with Gasteiger partial charge in [0.05, 0.1) is 10.2 Å². The summed E-state index contributed by atoms with van der Waals surface area (Å²) in [6.45, 7) is 3.18. The number of benzene rings is 4. The summed E-state index contributed by atoms with van der Waals surface area (Å²) in [4.78, 5) is 0. The van der Waals surface area contributed by atoms with Gasteiger partial charge < -0.3 is 19.5 Å². The molecule has 4 nitrogen and oxygen atoms in total. The molecule has 0 saturated carbocycles. The molecule has 0 aliphatic rings. The van der Waals surface area contributed by atoms with E-state index >= 15 is 0 Å². The van der Waals surface area contributed by atoms with Gasteiger partial charge in [-0.25, -0.2) is 4.39 Å². The minimum Gasteiger partial charge on any atom is -0.490 e. The van der Waals surface area contributed by atoms with Crippen LogP contribution in [0.3, 0.4) is 0 Å². The predicted molar refractivity (Wildman–Crippen MR) is 141 cm³/mol. The first-order valence-electron chi connectivity index (χ1n) is 11.0.